The number of fused-ring (bicyclic) bond motifs is 14. The van der Waals surface area contributed by atoms with Crippen molar-refractivity contribution in [1.82, 2.24) is 0 Å². The van der Waals surface area contributed by atoms with Crippen LogP contribution in [-0.2, 0) is 5.41 Å². The molecule has 2 nitrogen and oxygen atoms in total. The van der Waals surface area contributed by atoms with Gasteiger partial charge < -0.3 is 9.64 Å². The molecule has 0 bridgehead atoms. The van der Waals surface area contributed by atoms with Crippen LogP contribution < -0.4 is 9.64 Å². The second-order valence-electron chi connectivity index (χ2n) is 14.4. The summed E-state index contributed by atoms with van der Waals surface area (Å²) in [6, 6.07) is 68.9. The SMILES string of the molecule is c1ccc2c(c1)Oc1c(N(c3ccc4c(ccc5ccccc54)c3)c3cccc4c3sc3ccccc34)cccc1C21c2ccccc2Sc2ccccc21. The van der Waals surface area contributed by atoms with Crippen molar-refractivity contribution in [2.45, 2.75) is 15.2 Å². The fourth-order valence-electron chi connectivity index (χ4n) is 9.25. The van der Waals surface area contributed by atoms with Crippen molar-refractivity contribution >= 4 is 81.9 Å². The molecule has 9 aromatic carbocycles. The van der Waals surface area contributed by atoms with E-state index < -0.39 is 5.41 Å². The fraction of sp³-hybridized carbons (Fsp3) is 0.0196. The maximum Gasteiger partial charge on any atom is 0.156 e. The van der Waals surface area contributed by atoms with Crippen molar-refractivity contribution in [3.05, 3.63) is 210 Å². The van der Waals surface area contributed by atoms with Crippen molar-refractivity contribution in [3.63, 3.8) is 0 Å². The van der Waals surface area contributed by atoms with Gasteiger partial charge in [-0.15, -0.1) is 11.3 Å². The zero-order valence-corrected chi connectivity index (χ0v) is 31.2. The number of rotatable bonds is 3. The average Bonchev–Trinajstić information content (AvgIpc) is 3.63. The van der Waals surface area contributed by atoms with Crippen LogP contribution in [0.2, 0.25) is 0 Å². The van der Waals surface area contributed by atoms with E-state index in [-0.39, 0.29) is 0 Å². The van der Waals surface area contributed by atoms with Crippen LogP contribution in [0.15, 0.2) is 198 Å². The topological polar surface area (TPSA) is 12.5 Å². The molecular weight excluding hydrogens is 707 g/mol. The molecule has 0 radical (unpaired) electrons. The Kier molecular flexibility index (Phi) is 6.68. The molecule has 2 aliphatic rings. The van der Waals surface area contributed by atoms with Gasteiger partial charge >= 0.3 is 0 Å². The second-order valence-corrected chi connectivity index (χ2v) is 16.5. The molecule has 0 fully saturated rings. The van der Waals surface area contributed by atoms with E-state index in [4.69, 9.17) is 4.74 Å². The normalized spacial score (nSPS) is 13.7. The van der Waals surface area contributed by atoms with Gasteiger partial charge in [0.05, 0.1) is 21.5 Å². The molecule has 0 unspecified atom stereocenters. The smallest absolute Gasteiger partial charge is 0.156 e. The van der Waals surface area contributed by atoms with Gasteiger partial charge in [0.15, 0.2) is 5.75 Å². The Morgan fingerprint density at radius 1 is 0.436 bits per heavy atom. The van der Waals surface area contributed by atoms with Gasteiger partial charge in [0, 0.05) is 42.1 Å². The van der Waals surface area contributed by atoms with Crippen LogP contribution in [0.3, 0.4) is 0 Å². The van der Waals surface area contributed by atoms with Gasteiger partial charge in [-0.05, 0) is 81.2 Å². The molecule has 1 spiro atoms. The summed E-state index contributed by atoms with van der Waals surface area (Å²) in [5.41, 5.74) is 7.49. The highest BCUT2D eigenvalue weighted by Crippen LogP contribution is 2.63. The minimum Gasteiger partial charge on any atom is -0.454 e. The number of thiophene rings is 1. The monoisotopic (exact) mass is 737 g/mol. The van der Waals surface area contributed by atoms with Crippen LogP contribution in [0, 0.1) is 0 Å². The molecule has 258 valence electrons. The lowest BCUT2D eigenvalue weighted by molar-refractivity contribution is 0.432. The summed E-state index contributed by atoms with van der Waals surface area (Å²) < 4.78 is 9.79. The summed E-state index contributed by atoms with van der Waals surface area (Å²) in [4.78, 5) is 4.98. The van der Waals surface area contributed by atoms with Crippen molar-refractivity contribution in [3.8, 4) is 11.5 Å². The predicted octanol–water partition coefficient (Wildman–Crippen LogP) is 14.8. The van der Waals surface area contributed by atoms with Crippen molar-refractivity contribution in [2.75, 3.05) is 4.90 Å². The largest absolute Gasteiger partial charge is 0.454 e. The number of anilines is 3. The number of para-hydroxylation sites is 2. The first-order valence-corrected chi connectivity index (χ1v) is 20.3. The summed E-state index contributed by atoms with van der Waals surface area (Å²) in [5.74, 6) is 1.75. The number of hydrogen-bond acceptors (Lipinski definition) is 4. The van der Waals surface area contributed by atoms with E-state index in [1.165, 1.54) is 62.6 Å². The number of ether oxygens (including phenoxy) is 1. The molecule has 0 atom stereocenters. The molecule has 0 N–H and O–H groups in total. The Morgan fingerprint density at radius 2 is 1.05 bits per heavy atom. The lowest BCUT2D eigenvalue weighted by Crippen LogP contribution is -2.37. The molecule has 12 rings (SSSR count). The Labute approximate surface area is 326 Å². The molecular formula is C51H31NOS2. The molecule has 0 saturated heterocycles. The average molecular weight is 738 g/mol. The first-order valence-electron chi connectivity index (χ1n) is 18.7. The zero-order chi connectivity index (χ0) is 36.1. The maximum absolute atomic E-state index is 7.26. The summed E-state index contributed by atoms with van der Waals surface area (Å²) in [6.45, 7) is 0. The lowest BCUT2D eigenvalue weighted by atomic mass is 9.63. The minimum atomic E-state index is -0.587. The number of benzene rings is 9. The molecule has 55 heavy (non-hydrogen) atoms. The molecule has 3 heterocycles. The molecule has 10 aromatic rings. The highest BCUT2D eigenvalue weighted by atomic mass is 32.2. The molecule has 1 aromatic heterocycles. The van der Waals surface area contributed by atoms with Gasteiger partial charge in [0.2, 0.25) is 0 Å². The minimum absolute atomic E-state index is 0.587. The van der Waals surface area contributed by atoms with Crippen LogP contribution in [-0.4, -0.2) is 0 Å². The third kappa shape index (κ3) is 4.38. The van der Waals surface area contributed by atoms with Gasteiger partial charge in [0.1, 0.15) is 5.75 Å². The van der Waals surface area contributed by atoms with Crippen LogP contribution in [0.5, 0.6) is 11.5 Å². The van der Waals surface area contributed by atoms with Gasteiger partial charge in [0.25, 0.3) is 0 Å². The predicted molar refractivity (Wildman–Crippen MR) is 232 cm³/mol. The highest BCUT2D eigenvalue weighted by Gasteiger charge is 2.50. The van der Waals surface area contributed by atoms with Crippen LogP contribution >= 0.6 is 23.1 Å². The van der Waals surface area contributed by atoms with Crippen molar-refractivity contribution in [2.24, 2.45) is 0 Å². The van der Waals surface area contributed by atoms with Gasteiger partial charge in [-0.1, -0.05) is 151 Å². The summed E-state index contributed by atoms with van der Waals surface area (Å²) in [6.07, 6.45) is 0. The zero-order valence-electron chi connectivity index (χ0n) is 29.6. The quantitative estimate of drug-likeness (QED) is 0.168. The van der Waals surface area contributed by atoms with Crippen LogP contribution in [0.4, 0.5) is 17.1 Å². The van der Waals surface area contributed by atoms with E-state index in [9.17, 15) is 0 Å². The van der Waals surface area contributed by atoms with E-state index in [0.29, 0.717) is 0 Å². The summed E-state index contributed by atoms with van der Waals surface area (Å²) in [7, 11) is 0. The first kappa shape index (κ1) is 31.1. The first-order chi connectivity index (χ1) is 27.3. The maximum atomic E-state index is 7.26. The third-order valence-corrected chi connectivity index (χ3v) is 13.9. The van der Waals surface area contributed by atoms with Gasteiger partial charge in [-0.3, -0.25) is 0 Å². The lowest BCUT2D eigenvalue weighted by Gasteiger charge is -2.46. The molecule has 0 saturated carbocycles. The van der Waals surface area contributed by atoms with Crippen LogP contribution in [0.25, 0.3) is 41.7 Å². The van der Waals surface area contributed by atoms with E-state index in [2.05, 4.69) is 193 Å². The Balaban J connectivity index is 1.19. The Bertz CT molecular complexity index is 3130. The Morgan fingerprint density at radius 3 is 1.91 bits per heavy atom. The van der Waals surface area contributed by atoms with E-state index >= 15 is 0 Å². The van der Waals surface area contributed by atoms with Crippen molar-refractivity contribution < 1.29 is 4.74 Å². The van der Waals surface area contributed by atoms with E-state index in [0.717, 1.165) is 39.7 Å². The Hall–Kier alpha value is -6.33. The third-order valence-electron chi connectivity index (χ3n) is 11.6. The number of hydrogen-bond donors (Lipinski definition) is 0. The second kappa shape index (κ2) is 11.8. The molecule has 4 heteroatoms. The fourth-order valence-corrected chi connectivity index (χ4v) is 11.7. The van der Waals surface area contributed by atoms with Gasteiger partial charge in [-0.2, -0.15) is 0 Å². The summed E-state index contributed by atoms with van der Waals surface area (Å²) in [5, 5.41) is 7.49. The molecule has 0 aliphatic carbocycles. The van der Waals surface area contributed by atoms with Gasteiger partial charge in [-0.25, -0.2) is 0 Å². The molecule has 0 amide bonds. The van der Waals surface area contributed by atoms with E-state index in [1.54, 1.807) is 0 Å². The van der Waals surface area contributed by atoms with E-state index in [1.807, 2.05) is 23.1 Å². The standard InChI is InChI=1S/C51H31NOS2/c1-2-14-35-32(13-1)27-28-33-31-34(29-30-36(33)35)52(44-22-11-16-38-37-15-3-8-24-46(37)55-50(38)44)43-21-12-20-42-49(43)53-45-23-7-4-17-39(45)51(42)40-18-5-9-25-47(40)54-48-26-10-6-19-41(48)51/h1-31H. The highest BCUT2D eigenvalue weighted by molar-refractivity contribution is 7.99. The summed E-state index contributed by atoms with van der Waals surface area (Å²) >= 11 is 3.71. The van der Waals surface area contributed by atoms with Crippen LogP contribution in [0.1, 0.15) is 22.3 Å². The number of nitrogens with zero attached hydrogens (tertiary/aromatic N) is 1. The van der Waals surface area contributed by atoms with Crippen molar-refractivity contribution in [1.29, 1.82) is 0 Å². The molecule has 2 aliphatic heterocycles.